The van der Waals surface area contributed by atoms with Crippen molar-refractivity contribution in [3.05, 3.63) is 74.3 Å². The van der Waals surface area contributed by atoms with Gasteiger partial charge >= 0.3 is 0 Å². The van der Waals surface area contributed by atoms with Gasteiger partial charge < -0.3 is 14.4 Å². The molecule has 4 rings (SSSR count). The quantitative estimate of drug-likeness (QED) is 0.590. The van der Waals surface area contributed by atoms with Gasteiger partial charge in [0.2, 0.25) is 5.78 Å². The zero-order valence-electron chi connectivity index (χ0n) is 14.4. The number of ketones is 1. The first kappa shape index (κ1) is 18.2. The molecule has 27 heavy (non-hydrogen) atoms. The zero-order chi connectivity index (χ0) is 19.2. The van der Waals surface area contributed by atoms with E-state index in [1.165, 1.54) is 16.2 Å². The summed E-state index contributed by atoms with van der Waals surface area (Å²) in [4.78, 5) is 28.4. The number of carbonyl (C=O) groups excluding carboxylic acids is 2. The van der Waals surface area contributed by atoms with Crippen LogP contribution < -0.4 is 4.90 Å². The van der Waals surface area contributed by atoms with Crippen molar-refractivity contribution < 1.29 is 19.1 Å². The van der Waals surface area contributed by atoms with E-state index in [2.05, 4.69) is 15.9 Å². The summed E-state index contributed by atoms with van der Waals surface area (Å²) in [5, 5.41) is 13.2. The second-order valence-electron chi connectivity index (χ2n) is 6.50. The lowest BCUT2D eigenvalue weighted by molar-refractivity contribution is -0.136. The van der Waals surface area contributed by atoms with Gasteiger partial charge in [-0.1, -0.05) is 22.0 Å². The number of benzene rings is 1. The van der Waals surface area contributed by atoms with E-state index in [4.69, 9.17) is 4.42 Å². The lowest BCUT2D eigenvalue weighted by atomic mass is 9.89. The Labute approximate surface area is 168 Å². The van der Waals surface area contributed by atoms with Crippen molar-refractivity contribution in [1.82, 2.24) is 0 Å². The number of fused-ring (bicyclic) bond motifs is 1. The van der Waals surface area contributed by atoms with Crippen LogP contribution in [0.15, 0.2) is 56.7 Å². The highest BCUT2D eigenvalue weighted by molar-refractivity contribution is 9.10. The largest absolute Gasteiger partial charge is 0.458 e. The number of amides is 1. The van der Waals surface area contributed by atoms with Gasteiger partial charge in [-0.15, -0.1) is 11.3 Å². The molecular weight excluding hydrogens is 430 g/mol. The SMILES string of the molecule is Cc1ccc(C(=O)CC2(O)C(=O)N(Cc3cccs3)c3ccc(Br)cc32)o1. The fourth-order valence-corrected chi connectivity index (χ4v) is 4.37. The maximum Gasteiger partial charge on any atom is 0.264 e. The molecule has 0 aliphatic carbocycles. The monoisotopic (exact) mass is 445 g/mol. The number of anilines is 1. The van der Waals surface area contributed by atoms with E-state index in [0.717, 1.165) is 9.35 Å². The number of hydrogen-bond acceptors (Lipinski definition) is 5. The van der Waals surface area contributed by atoms with Crippen LogP contribution in [-0.4, -0.2) is 16.8 Å². The minimum Gasteiger partial charge on any atom is -0.458 e. The average molecular weight is 446 g/mol. The van der Waals surface area contributed by atoms with E-state index in [1.807, 2.05) is 23.6 Å². The van der Waals surface area contributed by atoms with Crippen LogP contribution in [0.5, 0.6) is 0 Å². The molecule has 1 amide bonds. The Kier molecular flexibility index (Phi) is 4.53. The van der Waals surface area contributed by atoms with Gasteiger partial charge in [0.25, 0.3) is 5.91 Å². The Balaban J connectivity index is 1.72. The highest BCUT2D eigenvalue weighted by Gasteiger charge is 2.51. The average Bonchev–Trinajstić information content (AvgIpc) is 3.33. The van der Waals surface area contributed by atoms with Gasteiger partial charge in [0.05, 0.1) is 18.7 Å². The van der Waals surface area contributed by atoms with Gasteiger partial charge in [-0.25, -0.2) is 0 Å². The van der Waals surface area contributed by atoms with Crippen molar-refractivity contribution in [2.75, 3.05) is 4.90 Å². The second kappa shape index (κ2) is 6.74. The summed E-state index contributed by atoms with van der Waals surface area (Å²) in [7, 11) is 0. The third-order valence-corrected chi connectivity index (χ3v) is 5.97. The number of aryl methyl sites for hydroxylation is 1. The first-order valence-corrected chi connectivity index (χ1v) is 10.0. The van der Waals surface area contributed by atoms with Crippen LogP contribution in [0, 0.1) is 6.92 Å². The van der Waals surface area contributed by atoms with Gasteiger partial charge in [-0.2, -0.15) is 0 Å². The van der Waals surface area contributed by atoms with Crippen LogP contribution in [0.2, 0.25) is 0 Å². The Morgan fingerprint density at radius 1 is 1.30 bits per heavy atom. The fraction of sp³-hybridized carbons (Fsp3) is 0.200. The molecule has 0 fully saturated rings. The van der Waals surface area contributed by atoms with Crippen LogP contribution in [0.25, 0.3) is 0 Å². The maximum absolute atomic E-state index is 13.2. The minimum atomic E-state index is -1.92. The number of hydrogen-bond donors (Lipinski definition) is 1. The van der Waals surface area contributed by atoms with Crippen LogP contribution >= 0.6 is 27.3 Å². The number of carbonyl (C=O) groups is 2. The smallest absolute Gasteiger partial charge is 0.264 e. The molecule has 1 aliphatic rings. The molecule has 1 unspecified atom stereocenters. The number of Topliss-reactive ketones (excluding diaryl/α,β-unsaturated/α-hetero) is 1. The summed E-state index contributed by atoms with van der Waals surface area (Å²) in [6.45, 7) is 2.09. The van der Waals surface area contributed by atoms with E-state index >= 15 is 0 Å². The predicted molar refractivity (Wildman–Crippen MR) is 106 cm³/mol. The molecule has 5 nitrogen and oxygen atoms in total. The Bertz CT molecular complexity index is 1030. The Morgan fingerprint density at radius 2 is 2.11 bits per heavy atom. The fourth-order valence-electron chi connectivity index (χ4n) is 3.31. The zero-order valence-corrected chi connectivity index (χ0v) is 16.8. The van der Waals surface area contributed by atoms with Gasteiger partial charge in [0, 0.05) is 14.9 Å². The summed E-state index contributed by atoms with van der Waals surface area (Å²) < 4.78 is 6.09. The summed E-state index contributed by atoms with van der Waals surface area (Å²) in [5.74, 6) is -0.170. The summed E-state index contributed by atoms with van der Waals surface area (Å²) in [5.41, 5.74) is -0.883. The molecule has 7 heteroatoms. The summed E-state index contributed by atoms with van der Waals surface area (Å²) in [6, 6.07) is 12.4. The molecule has 0 bridgehead atoms. The van der Waals surface area contributed by atoms with Gasteiger partial charge in [0.1, 0.15) is 5.76 Å². The summed E-state index contributed by atoms with van der Waals surface area (Å²) in [6.07, 6.45) is -0.372. The maximum atomic E-state index is 13.2. The lowest BCUT2D eigenvalue weighted by Crippen LogP contribution is -2.41. The number of aliphatic hydroxyl groups is 1. The third-order valence-electron chi connectivity index (χ3n) is 4.62. The van der Waals surface area contributed by atoms with Gasteiger partial charge in [-0.05, 0) is 48.7 Å². The van der Waals surface area contributed by atoms with Crippen molar-refractivity contribution in [3.8, 4) is 0 Å². The van der Waals surface area contributed by atoms with Crippen molar-refractivity contribution in [2.24, 2.45) is 0 Å². The van der Waals surface area contributed by atoms with E-state index in [0.29, 0.717) is 23.6 Å². The summed E-state index contributed by atoms with van der Waals surface area (Å²) >= 11 is 4.93. The number of rotatable bonds is 5. The Morgan fingerprint density at radius 3 is 2.78 bits per heavy atom. The topological polar surface area (TPSA) is 70.8 Å². The standard InChI is InChI=1S/C20H16BrNO4S/c1-12-4-7-18(26-12)17(23)10-20(25)15-9-13(21)5-6-16(15)22(19(20)24)11-14-3-2-8-27-14/h2-9,25H,10-11H2,1H3. The first-order chi connectivity index (χ1) is 12.9. The number of thiophene rings is 1. The van der Waals surface area contributed by atoms with Crippen molar-refractivity contribution in [3.63, 3.8) is 0 Å². The van der Waals surface area contributed by atoms with E-state index in [9.17, 15) is 14.7 Å². The van der Waals surface area contributed by atoms with Crippen LogP contribution in [0.3, 0.4) is 0 Å². The van der Waals surface area contributed by atoms with E-state index in [1.54, 1.807) is 31.2 Å². The van der Waals surface area contributed by atoms with E-state index in [-0.39, 0.29) is 12.2 Å². The molecule has 1 N–H and O–H groups in total. The molecule has 0 spiro atoms. The highest BCUT2D eigenvalue weighted by atomic mass is 79.9. The number of furan rings is 1. The molecule has 138 valence electrons. The van der Waals surface area contributed by atoms with Gasteiger partial charge in [-0.3, -0.25) is 9.59 Å². The molecule has 2 aromatic heterocycles. The molecule has 1 aliphatic heterocycles. The predicted octanol–water partition coefficient (Wildman–Crippen LogP) is 4.42. The van der Waals surface area contributed by atoms with E-state index < -0.39 is 17.3 Å². The van der Waals surface area contributed by atoms with Crippen molar-refractivity contribution in [2.45, 2.75) is 25.5 Å². The van der Waals surface area contributed by atoms with Crippen molar-refractivity contribution >= 4 is 44.6 Å². The van der Waals surface area contributed by atoms with Crippen LogP contribution in [0.4, 0.5) is 5.69 Å². The Hall–Kier alpha value is -2.22. The van der Waals surface area contributed by atoms with Crippen LogP contribution in [0.1, 0.15) is 33.2 Å². The molecule has 0 saturated heterocycles. The minimum absolute atomic E-state index is 0.141. The van der Waals surface area contributed by atoms with Crippen molar-refractivity contribution in [1.29, 1.82) is 0 Å². The number of nitrogens with zero attached hydrogens (tertiary/aromatic N) is 1. The molecular formula is C20H16BrNO4S. The molecule has 3 heterocycles. The molecule has 1 aromatic carbocycles. The van der Waals surface area contributed by atoms with Gasteiger partial charge in [0.15, 0.2) is 11.4 Å². The molecule has 0 saturated carbocycles. The second-order valence-corrected chi connectivity index (χ2v) is 8.45. The molecule has 0 radical (unpaired) electrons. The number of halogens is 1. The highest BCUT2D eigenvalue weighted by Crippen LogP contribution is 2.45. The first-order valence-electron chi connectivity index (χ1n) is 8.35. The molecule has 1 atom stereocenters. The van der Waals surface area contributed by atoms with Crippen LogP contribution in [-0.2, 0) is 16.9 Å². The lowest BCUT2D eigenvalue weighted by Gasteiger charge is -2.22. The normalized spacial score (nSPS) is 18.8. The third kappa shape index (κ3) is 3.16. The molecule has 3 aromatic rings.